The lowest BCUT2D eigenvalue weighted by Gasteiger charge is -2.13. The van der Waals surface area contributed by atoms with Gasteiger partial charge in [-0.25, -0.2) is 10.2 Å². The van der Waals surface area contributed by atoms with Gasteiger partial charge in [0.15, 0.2) is 6.10 Å². The van der Waals surface area contributed by atoms with Gasteiger partial charge in [0.05, 0.1) is 11.8 Å². The van der Waals surface area contributed by atoms with Gasteiger partial charge in [0.25, 0.3) is 5.91 Å². The summed E-state index contributed by atoms with van der Waals surface area (Å²) in [6.45, 7) is 1.65. The van der Waals surface area contributed by atoms with Crippen LogP contribution in [0.2, 0.25) is 0 Å². The Hall–Kier alpha value is -3.97. The van der Waals surface area contributed by atoms with E-state index in [2.05, 4.69) is 26.5 Å². The third kappa shape index (κ3) is 5.88. The van der Waals surface area contributed by atoms with E-state index in [1.165, 1.54) is 6.21 Å². The Labute approximate surface area is 205 Å². The van der Waals surface area contributed by atoms with Gasteiger partial charge in [0.1, 0.15) is 11.5 Å². The van der Waals surface area contributed by atoms with E-state index in [9.17, 15) is 9.59 Å². The molecule has 0 saturated heterocycles. The van der Waals surface area contributed by atoms with E-state index in [1.807, 2.05) is 48.5 Å². The van der Waals surface area contributed by atoms with E-state index in [4.69, 9.17) is 9.47 Å². The molecule has 7 heteroatoms. The molecule has 0 spiro atoms. The summed E-state index contributed by atoms with van der Waals surface area (Å²) in [5, 5.41) is 6.14. The summed E-state index contributed by atoms with van der Waals surface area (Å²) in [4.78, 5) is 24.9. The molecule has 6 nitrogen and oxygen atoms in total. The quantitative estimate of drug-likeness (QED) is 0.147. The van der Waals surface area contributed by atoms with Gasteiger partial charge in [-0.2, -0.15) is 5.10 Å². The zero-order valence-corrected chi connectivity index (χ0v) is 19.9. The first-order valence-corrected chi connectivity index (χ1v) is 11.3. The maximum Gasteiger partial charge on any atom is 0.343 e. The Morgan fingerprint density at radius 1 is 0.912 bits per heavy atom. The highest BCUT2D eigenvalue weighted by atomic mass is 79.9. The first-order valence-electron chi connectivity index (χ1n) is 10.5. The number of rotatable bonds is 7. The molecule has 0 aliphatic carbocycles. The van der Waals surface area contributed by atoms with Crippen LogP contribution in [0.1, 0.15) is 22.8 Å². The smallest absolute Gasteiger partial charge is 0.343 e. The Bertz CT molecular complexity index is 1360. The molecule has 0 saturated carbocycles. The SMILES string of the molecule is C[C@H](Oc1ccc2ccccc2c1)C(=O)N/N=C\c1cc(Br)ccc1OC(=O)c1ccccc1. The van der Waals surface area contributed by atoms with Crippen molar-refractivity contribution in [3.8, 4) is 11.5 Å². The lowest BCUT2D eigenvalue weighted by molar-refractivity contribution is -0.127. The number of nitrogens with one attached hydrogen (secondary N) is 1. The van der Waals surface area contributed by atoms with Gasteiger partial charge in [-0.15, -0.1) is 0 Å². The number of carbonyl (C=O) groups excluding carboxylic acids is 2. The third-order valence-corrected chi connectivity index (χ3v) is 5.46. The number of ether oxygens (including phenoxy) is 2. The fraction of sp³-hybridized carbons (Fsp3) is 0.0741. The fourth-order valence-corrected chi connectivity index (χ4v) is 3.58. The molecule has 0 aliphatic heterocycles. The van der Waals surface area contributed by atoms with Gasteiger partial charge < -0.3 is 9.47 Å². The van der Waals surface area contributed by atoms with Crippen LogP contribution in [0.5, 0.6) is 11.5 Å². The maximum atomic E-state index is 12.5. The second-order valence-electron chi connectivity index (χ2n) is 7.44. The first-order chi connectivity index (χ1) is 16.5. The summed E-state index contributed by atoms with van der Waals surface area (Å²) >= 11 is 3.40. The van der Waals surface area contributed by atoms with Crippen molar-refractivity contribution in [1.82, 2.24) is 5.43 Å². The minimum Gasteiger partial charge on any atom is -0.481 e. The van der Waals surface area contributed by atoms with Crippen molar-refractivity contribution in [1.29, 1.82) is 0 Å². The minimum absolute atomic E-state index is 0.315. The number of nitrogens with zero attached hydrogens (tertiary/aromatic N) is 1. The van der Waals surface area contributed by atoms with Gasteiger partial charge in [-0.1, -0.05) is 64.5 Å². The van der Waals surface area contributed by atoms with Gasteiger partial charge in [-0.3, -0.25) is 4.79 Å². The Morgan fingerprint density at radius 3 is 2.44 bits per heavy atom. The first kappa shape index (κ1) is 23.2. The van der Waals surface area contributed by atoms with Crippen molar-refractivity contribution in [3.05, 3.63) is 107 Å². The molecule has 4 rings (SSSR count). The second kappa shape index (κ2) is 10.8. The van der Waals surface area contributed by atoms with Crippen molar-refractivity contribution >= 4 is 44.8 Å². The minimum atomic E-state index is -0.767. The normalized spacial score (nSPS) is 11.8. The van der Waals surface area contributed by atoms with Gasteiger partial charge in [0.2, 0.25) is 0 Å². The molecule has 1 atom stereocenters. The van der Waals surface area contributed by atoms with E-state index < -0.39 is 18.0 Å². The number of halogens is 1. The molecule has 0 bridgehead atoms. The summed E-state index contributed by atoms with van der Waals surface area (Å²) in [6, 6.07) is 27.4. The van der Waals surface area contributed by atoms with Gasteiger partial charge in [0, 0.05) is 10.0 Å². The molecule has 0 heterocycles. The number of benzene rings is 4. The molecule has 4 aromatic carbocycles. The summed E-state index contributed by atoms with van der Waals surface area (Å²) in [6.07, 6.45) is 0.648. The Kier molecular flexibility index (Phi) is 7.34. The predicted octanol–water partition coefficient (Wildman–Crippen LogP) is 5.74. The zero-order chi connectivity index (χ0) is 23.9. The molecular formula is C27H21BrN2O4. The standard InChI is InChI=1S/C27H21BrN2O4/c1-18(33-24-13-11-19-7-5-6-10-21(19)16-24)26(31)30-29-17-22-15-23(28)12-14-25(22)34-27(32)20-8-3-2-4-9-20/h2-18H,1H3,(H,30,31)/b29-17-/t18-/m0/s1. The predicted molar refractivity (Wildman–Crippen MR) is 135 cm³/mol. The van der Waals surface area contributed by atoms with Crippen LogP contribution in [0.3, 0.4) is 0 Å². The number of carbonyl (C=O) groups is 2. The topological polar surface area (TPSA) is 77.0 Å². The number of fused-ring (bicyclic) bond motifs is 1. The molecule has 4 aromatic rings. The highest BCUT2D eigenvalue weighted by molar-refractivity contribution is 9.10. The third-order valence-electron chi connectivity index (χ3n) is 4.97. The van der Waals surface area contributed by atoms with Gasteiger partial charge >= 0.3 is 5.97 Å². The molecule has 0 fully saturated rings. The number of hydrazone groups is 1. The van der Waals surface area contributed by atoms with Crippen LogP contribution in [0.25, 0.3) is 10.8 Å². The van der Waals surface area contributed by atoms with Crippen LogP contribution in [0.15, 0.2) is 101 Å². The van der Waals surface area contributed by atoms with Crippen molar-refractivity contribution < 1.29 is 19.1 Å². The molecule has 1 N–H and O–H groups in total. The number of hydrogen-bond acceptors (Lipinski definition) is 5. The molecule has 34 heavy (non-hydrogen) atoms. The van der Waals surface area contributed by atoms with E-state index in [0.29, 0.717) is 22.6 Å². The monoisotopic (exact) mass is 516 g/mol. The lowest BCUT2D eigenvalue weighted by Crippen LogP contribution is -2.33. The highest BCUT2D eigenvalue weighted by Gasteiger charge is 2.15. The van der Waals surface area contributed by atoms with Crippen LogP contribution >= 0.6 is 15.9 Å². The molecular weight excluding hydrogens is 496 g/mol. The number of hydrogen-bond donors (Lipinski definition) is 1. The number of esters is 1. The van der Waals surface area contributed by atoms with Crippen molar-refractivity contribution in [3.63, 3.8) is 0 Å². The van der Waals surface area contributed by atoms with E-state index >= 15 is 0 Å². The Balaban J connectivity index is 1.40. The molecule has 0 aromatic heterocycles. The van der Waals surface area contributed by atoms with Crippen LogP contribution in [0.4, 0.5) is 0 Å². The average molecular weight is 517 g/mol. The molecule has 1 amide bonds. The molecule has 0 radical (unpaired) electrons. The average Bonchev–Trinajstić information content (AvgIpc) is 2.86. The van der Waals surface area contributed by atoms with E-state index in [0.717, 1.165) is 15.2 Å². The maximum absolute atomic E-state index is 12.5. The van der Waals surface area contributed by atoms with Gasteiger partial charge in [-0.05, 0) is 60.2 Å². The van der Waals surface area contributed by atoms with Crippen LogP contribution in [0, 0.1) is 0 Å². The zero-order valence-electron chi connectivity index (χ0n) is 18.3. The molecule has 0 aliphatic rings. The number of amides is 1. The fourth-order valence-electron chi connectivity index (χ4n) is 3.20. The summed E-state index contributed by atoms with van der Waals surface area (Å²) in [5.74, 6) is 0.00388. The highest BCUT2D eigenvalue weighted by Crippen LogP contribution is 2.23. The Morgan fingerprint density at radius 2 is 1.65 bits per heavy atom. The van der Waals surface area contributed by atoms with Crippen LogP contribution in [-0.2, 0) is 4.79 Å². The summed E-state index contributed by atoms with van der Waals surface area (Å²) in [7, 11) is 0. The van der Waals surface area contributed by atoms with Crippen LogP contribution in [-0.4, -0.2) is 24.2 Å². The summed E-state index contributed by atoms with van der Waals surface area (Å²) < 4.78 is 12.1. The van der Waals surface area contributed by atoms with Crippen molar-refractivity contribution in [2.24, 2.45) is 5.10 Å². The largest absolute Gasteiger partial charge is 0.481 e. The van der Waals surface area contributed by atoms with E-state index in [1.54, 1.807) is 49.4 Å². The van der Waals surface area contributed by atoms with E-state index in [-0.39, 0.29) is 0 Å². The van der Waals surface area contributed by atoms with Crippen LogP contribution < -0.4 is 14.9 Å². The van der Waals surface area contributed by atoms with Crippen molar-refractivity contribution in [2.45, 2.75) is 13.0 Å². The van der Waals surface area contributed by atoms with Crippen molar-refractivity contribution in [2.75, 3.05) is 0 Å². The molecule has 0 unspecified atom stereocenters. The lowest BCUT2D eigenvalue weighted by atomic mass is 10.1. The second-order valence-corrected chi connectivity index (χ2v) is 8.36. The summed E-state index contributed by atoms with van der Waals surface area (Å²) in [5.41, 5.74) is 3.42. The molecule has 170 valence electrons.